The van der Waals surface area contributed by atoms with Crippen molar-refractivity contribution < 1.29 is 14.6 Å². The summed E-state index contributed by atoms with van der Waals surface area (Å²) in [5.74, 6) is -0.330. The standard InChI is InChI=1S/C11H13N5O3/c1-3-19-10-6(2)9(13-5-14-10)16-4-7(12)8(15-16)11(17)18/h4-5H,3,12H2,1-2H3,(H,17,18). The van der Waals surface area contributed by atoms with Crippen LogP contribution in [0, 0.1) is 6.92 Å². The summed E-state index contributed by atoms with van der Waals surface area (Å²) >= 11 is 0. The maximum atomic E-state index is 10.9. The van der Waals surface area contributed by atoms with Crippen LogP contribution >= 0.6 is 0 Å². The number of carboxylic acids is 1. The molecule has 0 aromatic carbocycles. The number of anilines is 1. The van der Waals surface area contributed by atoms with Gasteiger partial charge in [0.2, 0.25) is 5.88 Å². The van der Waals surface area contributed by atoms with Gasteiger partial charge in [-0.25, -0.2) is 19.4 Å². The van der Waals surface area contributed by atoms with Gasteiger partial charge in [-0.05, 0) is 13.8 Å². The van der Waals surface area contributed by atoms with Gasteiger partial charge in [0.05, 0.1) is 24.1 Å². The van der Waals surface area contributed by atoms with Crippen LogP contribution in [-0.2, 0) is 0 Å². The Morgan fingerprint density at radius 2 is 2.26 bits per heavy atom. The Bertz CT molecular complexity index is 623. The van der Waals surface area contributed by atoms with Gasteiger partial charge >= 0.3 is 5.97 Å². The number of hydrogen-bond acceptors (Lipinski definition) is 6. The summed E-state index contributed by atoms with van der Waals surface area (Å²) in [6.45, 7) is 4.08. The molecule has 0 saturated carbocycles. The first-order valence-electron chi connectivity index (χ1n) is 5.57. The van der Waals surface area contributed by atoms with Crippen molar-refractivity contribution in [1.29, 1.82) is 0 Å². The molecule has 0 spiro atoms. The van der Waals surface area contributed by atoms with E-state index in [1.165, 1.54) is 17.2 Å². The molecular formula is C11H13N5O3. The third-order valence-corrected chi connectivity index (χ3v) is 2.45. The number of nitrogen functional groups attached to an aromatic ring is 1. The van der Waals surface area contributed by atoms with Crippen molar-refractivity contribution in [3.05, 3.63) is 23.8 Å². The quantitative estimate of drug-likeness (QED) is 0.831. The fraction of sp³-hybridized carbons (Fsp3) is 0.273. The highest BCUT2D eigenvalue weighted by atomic mass is 16.5. The van der Waals surface area contributed by atoms with Gasteiger partial charge in [0.1, 0.15) is 6.33 Å². The van der Waals surface area contributed by atoms with Gasteiger partial charge in [-0.3, -0.25) is 0 Å². The van der Waals surface area contributed by atoms with Crippen molar-refractivity contribution in [2.24, 2.45) is 0 Å². The highest BCUT2D eigenvalue weighted by molar-refractivity contribution is 5.91. The van der Waals surface area contributed by atoms with Crippen LogP contribution < -0.4 is 10.5 Å². The number of rotatable bonds is 4. The number of aromatic carboxylic acids is 1. The van der Waals surface area contributed by atoms with Crippen molar-refractivity contribution in [2.45, 2.75) is 13.8 Å². The molecule has 19 heavy (non-hydrogen) atoms. The van der Waals surface area contributed by atoms with E-state index in [1.54, 1.807) is 6.92 Å². The second-order valence-electron chi connectivity index (χ2n) is 3.74. The molecule has 0 fully saturated rings. The predicted octanol–water partition coefficient (Wildman–Crippen LogP) is 0.650. The summed E-state index contributed by atoms with van der Waals surface area (Å²) < 4.78 is 6.65. The number of carbonyl (C=O) groups is 1. The highest BCUT2D eigenvalue weighted by Gasteiger charge is 2.17. The third-order valence-electron chi connectivity index (χ3n) is 2.45. The molecule has 0 bridgehead atoms. The zero-order chi connectivity index (χ0) is 14.0. The zero-order valence-electron chi connectivity index (χ0n) is 10.5. The zero-order valence-corrected chi connectivity index (χ0v) is 10.5. The molecule has 0 atom stereocenters. The molecule has 2 heterocycles. The van der Waals surface area contributed by atoms with Crippen LogP contribution in [-0.4, -0.2) is 37.4 Å². The average molecular weight is 263 g/mol. The maximum absolute atomic E-state index is 10.9. The second kappa shape index (κ2) is 4.92. The maximum Gasteiger partial charge on any atom is 0.358 e. The van der Waals surface area contributed by atoms with Crippen LogP contribution in [0.2, 0.25) is 0 Å². The predicted molar refractivity (Wildman–Crippen MR) is 66.4 cm³/mol. The van der Waals surface area contributed by atoms with Gasteiger partial charge < -0.3 is 15.6 Å². The summed E-state index contributed by atoms with van der Waals surface area (Å²) in [6, 6.07) is 0. The minimum absolute atomic E-state index is 0.0727. The van der Waals surface area contributed by atoms with Crippen LogP contribution in [0.25, 0.3) is 5.82 Å². The summed E-state index contributed by atoms with van der Waals surface area (Å²) in [5.41, 5.74) is 6.10. The van der Waals surface area contributed by atoms with E-state index in [0.717, 1.165) is 0 Å². The number of aromatic nitrogens is 4. The highest BCUT2D eigenvalue weighted by Crippen LogP contribution is 2.21. The molecule has 0 saturated heterocycles. The first-order valence-corrected chi connectivity index (χ1v) is 5.57. The second-order valence-corrected chi connectivity index (χ2v) is 3.74. The van der Waals surface area contributed by atoms with E-state index in [1.807, 2.05) is 6.92 Å². The van der Waals surface area contributed by atoms with Gasteiger partial charge in [0, 0.05) is 0 Å². The molecule has 0 aliphatic carbocycles. The molecule has 0 amide bonds. The minimum Gasteiger partial charge on any atom is -0.478 e. The van der Waals surface area contributed by atoms with Gasteiger partial charge in [0.15, 0.2) is 11.5 Å². The Labute approximate surface area is 108 Å². The molecule has 2 aromatic heterocycles. The van der Waals surface area contributed by atoms with E-state index in [-0.39, 0.29) is 11.4 Å². The van der Waals surface area contributed by atoms with Crippen LogP contribution in [0.15, 0.2) is 12.5 Å². The number of hydrogen-bond donors (Lipinski definition) is 2. The molecule has 0 aliphatic heterocycles. The Hall–Kier alpha value is -2.64. The number of carboxylic acid groups (broad SMARTS) is 1. The molecule has 2 rings (SSSR count). The lowest BCUT2D eigenvalue weighted by atomic mass is 10.3. The summed E-state index contributed by atoms with van der Waals surface area (Å²) in [6.07, 6.45) is 2.72. The Balaban J connectivity index is 2.50. The summed E-state index contributed by atoms with van der Waals surface area (Å²) in [4.78, 5) is 19.0. The lowest BCUT2D eigenvalue weighted by Gasteiger charge is -2.08. The van der Waals surface area contributed by atoms with Crippen molar-refractivity contribution in [1.82, 2.24) is 19.7 Å². The number of ether oxygens (including phenoxy) is 1. The first-order chi connectivity index (χ1) is 9.04. The lowest BCUT2D eigenvalue weighted by molar-refractivity contribution is 0.0691. The van der Waals surface area contributed by atoms with E-state index in [4.69, 9.17) is 15.6 Å². The molecule has 100 valence electrons. The van der Waals surface area contributed by atoms with Crippen molar-refractivity contribution in [2.75, 3.05) is 12.3 Å². The molecule has 8 heteroatoms. The molecule has 0 radical (unpaired) electrons. The Kier molecular flexibility index (Phi) is 3.32. The Morgan fingerprint density at radius 1 is 1.53 bits per heavy atom. The van der Waals surface area contributed by atoms with Gasteiger partial charge in [-0.15, -0.1) is 0 Å². The first kappa shape index (κ1) is 12.8. The smallest absolute Gasteiger partial charge is 0.358 e. The lowest BCUT2D eigenvalue weighted by Crippen LogP contribution is -2.07. The largest absolute Gasteiger partial charge is 0.478 e. The summed E-state index contributed by atoms with van der Waals surface area (Å²) in [5, 5.41) is 12.8. The van der Waals surface area contributed by atoms with Crippen LogP contribution in [0.3, 0.4) is 0 Å². The molecule has 2 aromatic rings. The van der Waals surface area contributed by atoms with E-state index in [0.29, 0.717) is 23.9 Å². The van der Waals surface area contributed by atoms with Gasteiger partial charge in [-0.1, -0.05) is 0 Å². The van der Waals surface area contributed by atoms with Crippen LogP contribution in [0.1, 0.15) is 23.0 Å². The van der Waals surface area contributed by atoms with Gasteiger partial charge in [-0.2, -0.15) is 5.10 Å². The van der Waals surface area contributed by atoms with E-state index in [2.05, 4.69) is 15.1 Å². The average Bonchev–Trinajstić information content (AvgIpc) is 2.74. The van der Waals surface area contributed by atoms with Gasteiger partial charge in [0.25, 0.3) is 0 Å². The summed E-state index contributed by atoms with van der Waals surface area (Å²) in [7, 11) is 0. The van der Waals surface area contributed by atoms with E-state index < -0.39 is 5.97 Å². The van der Waals surface area contributed by atoms with Crippen molar-refractivity contribution >= 4 is 11.7 Å². The SMILES string of the molecule is CCOc1ncnc(-n2cc(N)c(C(=O)O)n2)c1C. The number of nitrogens with zero attached hydrogens (tertiary/aromatic N) is 4. The topological polar surface area (TPSA) is 116 Å². The molecule has 3 N–H and O–H groups in total. The number of nitrogens with two attached hydrogens (primary N) is 1. The van der Waals surface area contributed by atoms with E-state index in [9.17, 15) is 4.79 Å². The van der Waals surface area contributed by atoms with Crippen molar-refractivity contribution in [3.63, 3.8) is 0 Å². The monoisotopic (exact) mass is 263 g/mol. The minimum atomic E-state index is -1.19. The van der Waals surface area contributed by atoms with E-state index >= 15 is 0 Å². The molecule has 0 aliphatic rings. The Morgan fingerprint density at radius 3 is 2.84 bits per heavy atom. The normalized spacial score (nSPS) is 10.4. The molecule has 8 nitrogen and oxygen atoms in total. The van der Waals surface area contributed by atoms with Crippen LogP contribution in [0.5, 0.6) is 5.88 Å². The van der Waals surface area contributed by atoms with Crippen molar-refractivity contribution in [3.8, 4) is 11.7 Å². The molecule has 0 unspecified atom stereocenters. The third kappa shape index (κ3) is 2.32. The van der Waals surface area contributed by atoms with Crippen LogP contribution in [0.4, 0.5) is 5.69 Å². The molecular weight excluding hydrogens is 250 g/mol. The fourth-order valence-corrected chi connectivity index (χ4v) is 1.60. The fourth-order valence-electron chi connectivity index (χ4n) is 1.60.